The highest BCUT2D eigenvalue weighted by molar-refractivity contribution is 7.99. The van der Waals surface area contributed by atoms with E-state index in [2.05, 4.69) is 17.2 Å². The molecule has 0 radical (unpaired) electrons. The number of nitrogens with one attached hydrogen (secondary N) is 1. The van der Waals surface area contributed by atoms with Gasteiger partial charge in [-0.05, 0) is 37.1 Å². The number of halogens is 1. The van der Waals surface area contributed by atoms with E-state index in [0.29, 0.717) is 45.5 Å². The Morgan fingerprint density at radius 1 is 1.19 bits per heavy atom. The van der Waals surface area contributed by atoms with Crippen molar-refractivity contribution in [3.63, 3.8) is 0 Å². The van der Waals surface area contributed by atoms with E-state index in [1.54, 1.807) is 23.6 Å². The summed E-state index contributed by atoms with van der Waals surface area (Å²) in [5.74, 6) is 2.14. The van der Waals surface area contributed by atoms with Crippen LogP contribution in [0.2, 0.25) is 5.02 Å². The molecule has 1 aliphatic rings. The molecule has 10 heteroatoms. The van der Waals surface area contributed by atoms with Gasteiger partial charge >= 0.3 is 5.97 Å². The summed E-state index contributed by atoms with van der Waals surface area (Å²) in [6.45, 7) is 4.27. The molecule has 1 unspecified atom stereocenters. The number of ether oxygens (including phenoxy) is 3. The van der Waals surface area contributed by atoms with Gasteiger partial charge < -0.3 is 19.5 Å². The molecule has 1 aliphatic heterocycles. The Balaban J connectivity index is 1.69. The van der Waals surface area contributed by atoms with E-state index in [1.165, 1.54) is 7.11 Å². The Kier molecular flexibility index (Phi) is 8.43. The number of hydrogen-bond acceptors (Lipinski definition) is 8. The molecule has 4 rings (SSSR count). The fraction of sp³-hybridized carbons (Fsp3) is 0.346. The van der Waals surface area contributed by atoms with Crippen LogP contribution in [0.1, 0.15) is 43.9 Å². The van der Waals surface area contributed by atoms with Crippen molar-refractivity contribution in [1.82, 2.24) is 14.8 Å². The van der Waals surface area contributed by atoms with Gasteiger partial charge in [0, 0.05) is 22.0 Å². The number of thioether (sulfide) groups is 1. The Bertz CT molecular complexity index is 1280. The summed E-state index contributed by atoms with van der Waals surface area (Å²) >= 11 is 7.87. The third-order valence-electron chi connectivity index (χ3n) is 5.81. The van der Waals surface area contributed by atoms with Gasteiger partial charge in [0.15, 0.2) is 11.5 Å². The number of carbonyl (C=O) groups excluding carboxylic acids is 1. The number of esters is 1. The number of anilines is 1. The first-order valence-electron chi connectivity index (χ1n) is 11.7. The lowest BCUT2D eigenvalue weighted by molar-refractivity contribution is -0.136. The minimum Gasteiger partial charge on any atom is -0.493 e. The maximum absolute atomic E-state index is 12.8. The van der Waals surface area contributed by atoms with Crippen LogP contribution in [0.25, 0.3) is 0 Å². The third-order valence-corrected chi connectivity index (χ3v) is 7.10. The maximum Gasteiger partial charge on any atom is 0.338 e. The number of hydrogen-bond donors (Lipinski definition) is 1. The number of methoxy groups -OCH3 is 2. The average molecular weight is 529 g/mol. The van der Waals surface area contributed by atoms with Gasteiger partial charge in [-0.25, -0.2) is 9.48 Å². The zero-order valence-corrected chi connectivity index (χ0v) is 22.3. The number of benzene rings is 2. The van der Waals surface area contributed by atoms with Crippen LogP contribution in [0.15, 0.2) is 58.9 Å². The topological polar surface area (TPSA) is 87.5 Å². The molecule has 190 valence electrons. The van der Waals surface area contributed by atoms with Crippen molar-refractivity contribution in [2.24, 2.45) is 0 Å². The molecule has 0 bridgehead atoms. The first-order valence-corrected chi connectivity index (χ1v) is 13.0. The molecule has 0 amide bonds. The van der Waals surface area contributed by atoms with Crippen LogP contribution in [-0.4, -0.2) is 40.7 Å². The number of aromatic nitrogens is 3. The van der Waals surface area contributed by atoms with Gasteiger partial charge in [0.25, 0.3) is 0 Å². The summed E-state index contributed by atoms with van der Waals surface area (Å²) in [4.78, 5) is 17.5. The van der Waals surface area contributed by atoms with Crippen LogP contribution in [-0.2, 0) is 16.1 Å². The molecule has 2 heterocycles. The fourth-order valence-electron chi connectivity index (χ4n) is 3.93. The monoisotopic (exact) mass is 528 g/mol. The van der Waals surface area contributed by atoms with E-state index in [1.807, 2.05) is 49.4 Å². The molecule has 8 nitrogen and oxygen atoms in total. The smallest absolute Gasteiger partial charge is 0.338 e. The van der Waals surface area contributed by atoms with Gasteiger partial charge in [-0.2, -0.15) is 4.98 Å². The molecule has 1 aromatic heterocycles. The Morgan fingerprint density at radius 2 is 2.00 bits per heavy atom. The molecule has 1 N–H and O–H groups in total. The van der Waals surface area contributed by atoms with Crippen molar-refractivity contribution in [2.45, 2.75) is 44.5 Å². The van der Waals surface area contributed by atoms with E-state index >= 15 is 0 Å². The first kappa shape index (κ1) is 25.9. The summed E-state index contributed by atoms with van der Waals surface area (Å²) in [6.07, 6.45) is 2.17. The molecule has 0 fully saturated rings. The predicted octanol–water partition coefficient (Wildman–Crippen LogP) is 5.87. The lowest BCUT2D eigenvalue weighted by Gasteiger charge is -2.28. The highest BCUT2D eigenvalue weighted by Crippen LogP contribution is 2.40. The maximum atomic E-state index is 12.8. The van der Waals surface area contributed by atoms with Crippen molar-refractivity contribution in [1.29, 1.82) is 0 Å². The van der Waals surface area contributed by atoms with Crippen LogP contribution >= 0.6 is 23.4 Å². The molecule has 0 saturated carbocycles. The third kappa shape index (κ3) is 5.47. The Labute approximate surface area is 220 Å². The van der Waals surface area contributed by atoms with E-state index in [-0.39, 0.29) is 0 Å². The van der Waals surface area contributed by atoms with E-state index in [4.69, 9.17) is 30.9 Å². The molecule has 36 heavy (non-hydrogen) atoms. The normalized spacial score (nSPS) is 14.8. The van der Waals surface area contributed by atoms with Crippen molar-refractivity contribution < 1.29 is 19.0 Å². The second-order valence-corrected chi connectivity index (χ2v) is 9.68. The average Bonchev–Trinajstić information content (AvgIpc) is 3.29. The number of carbonyl (C=O) groups is 1. The highest BCUT2D eigenvalue weighted by atomic mass is 35.5. The summed E-state index contributed by atoms with van der Waals surface area (Å²) in [5.41, 5.74) is 2.77. The number of unbranched alkanes of at least 4 members (excludes halogenated alkanes) is 1. The number of nitrogens with zero attached hydrogens (tertiary/aromatic N) is 3. The van der Waals surface area contributed by atoms with E-state index < -0.39 is 12.0 Å². The molecule has 0 aliphatic carbocycles. The molecule has 1 atom stereocenters. The Morgan fingerprint density at radius 3 is 2.72 bits per heavy atom. The van der Waals surface area contributed by atoms with Gasteiger partial charge in [0.1, 0.15) is 12.6 Å². The van der Waals surface area contributed by atoms with Crippen LogP contribution in [0, 0.1) is 0 Å². The standard InChI is InChI=1S/C26H29ClN4O4S/c1-5-6-13-36-26-29-25-28-16(2)22(24(32)34-4)23(31(25)30-26)17-11-12-20(21(14-17)33-3)35-15-18-9-7-8-10-19(18)27/h7-12,14,23H,5-6,13,15H2,1-4H3,(H,28,29,30). The van der Waals surface area contributed by atoms with Crippen LogP contribution in [0.5, 0.6) is 11.5 Å². The fourth-order valence-corrected chi connectivity index (χ4v) is 5.03. The van der Waals surface area contributed by atoms with Crippen molar-refractivity contribution in [3.8, 4) is 11.5 Å². The summed E-state index contributed by atoms with van der Waals surface area (Å²) in [6, 6.07) is 12.5. The van der Waals surface area contributed by atoms with Gasteiger partial charge in [0.2, 0.25) is 11.1 Å². The zero-order valence-electron chi connectivity index (χ0n) is 20.7. The van der Waals surface area contributed by atoms with Crippen molar-refractivity contribution >= 4 is 35.3 Å². The van der Waals surface area contributed by atoms with Crippen molar-refractivity contribution in [2.75, 3.05) is 25.3 Å². The van der Waals surface area contributed by atoms with Gasteiger partial charge in [-0.15, -0.1) is 5.10 Å². The summed E-state index contributed by atoms with van der Waals surface area (Å²) in [7, 11) is 2.95. The molecule has 0 spiro atoms. The second-order valence-electron chi connectivity index (χ2n) is 8.21. The van der Waals surface area contributed by atoms with Crippen LogP contribution in [0.4, 0.5) is 5.95 Å². The van der Waals surface area contributed by atoms with Crippen LogP contribution < -0.4 is 14.8 Å². The highest BCUT2D eigenvalue weighted by Gasteiger charge is 2.35. The van der Waals surface area contributed by atoms with Gasteiger partial charge in [-0.1, -0.05) is 61.0 Å². The minimum atomic E-state index is -0.548. The molecule has 2 aromatic carbocycles. The second kappa shape index (κ2) is 11.7. The van der Waals surface area contributed by atoms with Crippen molar-refractivity contribution in [3.05, 3.63) is 69.9 Å². The number of rotatable bonds is 10. The zero-order chi connectivity index (χ0) is 25.7. The van der Waals surface area contributed by atoms with Gasteiger partial charge in [0.05, 0.1) is 19.8 Å². The quantitative estimate of drug-likeness (QED) is 0.198. The molecular formula is C26H29ClN4O4S. The largest absolute Gasteiger partial charge is 0.493 e. The minimum absolute atomic E-state index is 0.292. The lowest BCUT2D eigenvalue weighted by atomic mass is 9.95. The Hall–Kier alpha value is -3.17. The number of allylic oxidation sites excluding steroid dienone is 1. The SMILES string of the molecule is CCCCSc1nc2n(n1)C(c1ccc(OCc3ccccc3Cl)c(OC)c1)C(C(=O)OC)=C(C)N2. The number of fused-ring (bicyclic) bond motifs is 1. The predicted molar refractivity (Wildman–Crippen MR) is 141 cm³/mol. The summed E-state index contributed by atoms with van der Waals surface area (Å²) in [5, 5.41) is 9.22. The molecule has 0 saturated heterocycles. The van der Waals surface area contributed by atoms with Crippen LogP contribution in [0.3, 0.4) is 0 Å². The lowest BCUT2D eigenvalue weighted by Crippen LogP contribution is -2.29. The van der Waals surface area contributed by atoms with Gasteiger partial charge in [-0.3, -0.25) is 0 Å². The molecular weight excluding hydrogens is 500 g/mol. The van der Waals surface area contributed by atoms with E-state index in [9.17, 15) is 4.79 Å². The summed E-state index contributed by atoms with van der Waals surface area (Å²) < 4.78 is 18.5. The van der Waals surface area contributed by atoms with E-state index in [0.717, 1.165) is 29.7 Å². The molecule has 3 aromatic rings. The first-order chi connectivity index (χ1) is 17.5.